The molecule has 1 N–H and O–H groups in total. The minimum Gasteiger partial charge on any atom is -0.508 e. The van der Waals surface area contributed by atoms with Gasteiger partial charge in [-0.25, -0.2) is 0 Å². The van der Waals surface area contributed by atoms with Crippen LogP contribution in [0.25, 0.3) is 10.1 Å². The third-order valence-corrected chi connectivity index (χ3v) is 3.97. The Labute approximate surface area is 92.6 Å². The molecule has 2 nitrogen and oxygen atoms in total. The van der Waals surface area contributed by atoms with Gasteiger partial charge in [0.05, 0.1) is 0 Å². The molecule has 0 aliphatic heterocycles. The molecule has 1 aromatic carbocycles. The average Bonchev–Trinajstić information content (AvgIpc) is 2.47. The van der Waals surface area contributed by atoms with Crippen molar-refractivity contribution in [1.29, 1.82) is 5.26 Å². The van der Waals surface area contributed by atoms with Crippen molar-refractivity contribution in [2.24, 2.45) is 0 Å². The quantitative estimate of drug-likeness (QED) is 0.760. The third kappa shape index (κ3) is 1.49. The number of nitrogens with zero attached hydrogens (tertiary/aromatic N) is 1. The molecular weight excluding hydrogens is 297 g/mol. The summed E-state index contributed by atoms with van der Waals surface area (Å²) >= 11 is 3.61. The summed E-state index contributed by atoms with van der Waals surface area (Å²) in [6.45, 7) is 0. The van der Waals surface area contributed by atoms with Crippen LogP contribution in [0, 0.1) is 14.9 Å². The number of halogens is 1. The van der Waals surface area contributed by atoms with Gasteiger partial charge in [-0.3, -0.25) is 0 Å². The van der Waals surface area contributed by atoms with Crippen molar-refractivity contribution in [3.63, 3.8) is 0 Å². The predicted molar refractivity (Wildman–Crippen MR) is 60.9 cm³/mol. The van der Waals surface area contributed by atoms with Crippen LogP contribution in [0.2, 0.25) is 0 Å². The molecule has 0 spiro atoms. The maximum atomic E-state index is 9.31. The summed E-state index contributed by atoms with van der Waals surface area (Å²) in [6, 6.07) is 7.26. The number of phenols is 1. The maximum Gasteiger partial charge on any atom is 0.117 e. The molecule has 0 aliphatic rings. The van der Waals surface area contributed by atoms with Crippen molar-refractivity contribution in [3.05, 3.63) is 26.6 Å². The van der Waals surface area contributed by atoms with Crippen LogP contribution in [0.15, 0.2) is 18.2 Å². The molecule has 0 fully saturated rings. The largest absolute Gasteiger partial charge is 0.508 e. The lowest BCUT2D eigenvalue weighted by molar-refractivity contribution is 0.476. The second-order valence-electron chi connectivity index (χ2n) is 2.57. The highest BCUT2D eigenvalue weighted by Gasteiger charge is 2.05. The number of phenolic OH excluding ortho intramolecular Hbond substituents is 1. The summed E-state index contributed by atoms with van der Waals surface area (Å²) in [5, 5.41) is 18.9. The van der Waals surface area contributed by atoms with Crippen LogP contribution in [0.4, 0.5) is 0 Å². The summed E-state index contributed by atoms with van der Waals surface area (Å²) in [4.78, 5) is 0.679. The number of hydrogen-bond acceptors (Lipinski definition) is 3. The molecule has 0 saturated carbocycles. The normalized spacial score (nSPS) is 10.2. The highest BCUT2D eigenvalue weighted by Crippen LogP contribution is 2.32. The van der Waals surface area contributed by atoms with E-state index in [4.69, 9.17) is 5.26 Å². The molecule has 0 bridgehead atoms. The van der Waals surface area contributed by atoms with Crippen molar-refractivity contribution in [1.82, 2.24) is 0 Å². The van der Waals surface area contributed by atoms with Crippen LogP contribution in [0.5, 0.6) is 5.75 Å². The van der Waals surface area contributed by atoms with Crippen LogP contribution >= 0.6 is 33.9 Å². The highest BCUT2D eigenvalue weighted by atomic mass is 127. The maximum absolute atomic E-state index is 9.31. The number of fused-ring (bicyclic) bond motifs is 1. The number of nitriles is 1. The minimum atomic E-state index is 0.249. The molecule has 0 aliphatic carbocycles. The van der Waals surface area contributed by atoms with E-state index in [9.17, 15) is 5.11 Å². The molecule has 1 aromatic heterocycles. The van der Waals surface area contributed by atoms with E-state index < -0.39 is 0 Å². The van der Waals surface area contributed by atoms with Gasteiger partial charge in [-0.05, 0) is 46.2 Å². The molecular formula is C9H4INOS. The molecule has 0 radical (unpaired) electrons. The first-order chi connectivity index (χ1) is 6.20. The van der Waals surface area contributed by atoms with E-state index in [0.717, 1.165) is 13.7 Å². The van der Waals surface area contributed by atoms with E-state index in [2.05, 4.69) is 28.7 Å². The van der Waals surface area contributed by atoms with Crippen LogP contribution in [-0.4, -0.2) is 5.11 Å². The van der Waals surface area contributed by atoms with E-state index in [1.54, 1.807) is 18.2 Å². The summed E-state index contributed by atoms with van der Waals surface area (Å²) in [5.41, 5.74) is 0. The fourth-order valence-corrected chi connectivity index (χ4v) is 2.95. The van der Waals surface area contributed by atoms with Crippen LogP contribution in [0.1, 0.15) is 4.88 Å². The zero-order chi connectivity index (χ0) is 9.42. The van der Waals surface area contributed by atoms with E-state index in [1.165, 1.54) is 11.3 Å². The first kappa shape index (κ1) is 8.78. The smallest absolute Gasteiger partial charge is 0.117 e. The van der Waals surface area contributed by atoms with Gasteiger partial charge in [-0.15, -0.1) is 11.3 Å². The Hall–Kier alpha value is -0.800. The number of rotatable bonds is 0. The van der Waals surface area contributed by atoms with Crippen LogP contribution in [-0.2, 0) is 0 Å². The fraction of sp³-hybridized carbons (Fsp3) is 0. The van der Waals surface area contributed by atoms with Gasteiger partial charge in [0.25, 0.3) is 0 Å². The molecule has 2 rings (SSSR count). The zero-order valence-corrected chi connectivity index (χ0v) is 9.39. The van der Waals surface area contributed by atoms with E-state index >= 15 is 0 Å². The number of hydrogen-bond donors (Lipinski definition) is 1. The SMILES string of the molecule is N#Cc1cc2cc(O)cc(I)c2s1. The standard InChI is InChI=1S/C9H4INOS/c10-8-3-6(12)1-5-2-7(4-11)13-9(5)8/h1-3,12H. The number of aromatic hydroxyl groups is 1. The van der Waals surface area contributed by atoms with Crippen LogP contribution in [0.3, 0.4) is 0 Å². The Morgan fingerprint density at radius 2 is 2.15 bits per heavy atom. The lowest BCUT2D eigenvalue weighted by atomic mass is 10.2. The van der Waals surface area contributed by atoms with Gasteiger partial charge in [0.2, 0.25) is 0 Å². The van der Waals surface area contributed by atoms with Crippen molar-refractivity contribution in [2.75, 3.05) is 0 Å². The molecule has 0 saturated heterocycles. The number of benzene rings is 1. The number of thiophene rings is 1. The van der Waals surface area contributed by atoms with E-state index in [1.807, 2.05) is 0 Å². The fourth-order valence-electron chi connectivity index (χ4n) is 1.15. The lowest BCUT2D eigenvalue weighted by Crippen LogP contribution is -1.70. The first-order valence-electron chi connectivity index (χ1n) is 3.53. The highest BCUT2D eigenvalue weighted by molar-refractivity contribution is 14.1. The second kappa shape index (κ2) is 3.16. The summed E-state index contributed by atoms with van der Waals surface area (Å²) < 4.78 is 2.05. The van der Waals surface area contributed by atoms with Gasteiger partial charge < -0.3 is 5.11 Å². The second-order valence-corrected chi connectivity index (χ2v) is 4.78. The Balaban J connectivity index is 2.84. The molecule has 13 heavy (non-hydrogen) atoms. The summed E-state index contributed by atoms with van der Waals surface area (Å²) in [5.74, 6) is 0.249. The van der Waals surface area contributed by atoms with Crippen molar-refractivity contribution >= 4 is 44.0 Å². The van der Waals surface area contributed by atoms with E-state index in [0.29, 0.717) is 4.88 Å². The monoisotopic (exact) mass is 301 g/mol. The van der Waals surface area contributed by atoms with Gasteiger partial charge in [0.1, 0.15) is 16.7 Å². The molecule has 0 atom stereocenters. The van der Waals surface area contributed by atoms with Crippen molar-refractivity contribution < 1.29 is 5.11 Å². The molecule has 64 valence electrons. The van der Waals surface area contributed by atoms with Crippen molar-refractivity contribution in [3.8, 4) is 11.8 Å². The Morgan fingerprint density at radius 1 is 1.38 bits per heavy atom. The predicted octanol–water partition coefficient (Wildman–Crippen LogP) is 3.08. The topological polar surface area (TPSA) is 44.0 Å². The average molecular weight is 301 g/mol. The van der Waals surface area contributed by atoms with Crippen LogP contribution < -0.4 is 0 Å². The molecule has 0 amide bonds. The van der Waals surface area contributed by atoms with Gasteiger partial charge in [0, 0.05) is 8.27 Å². The summed E-state index contributed by atoms with van der Waals surface area (Å²) in [7, 11) is 0. The lowest BCUT2D eigenvalue weighted by Gasteiger charge is -1.94. The summed E-state index contributed by atoms with van der Waals surface area (Å²) in [6.07, 6.45) is 0. The van der Waals surface area contributed by atoms with Crippen molar-refractivity contribution in [2.45, 2.75) is 0 Å². The minimum absolute atomic E-state index is 0.249. The zero-order valence-electron chi connectivity index (χ0n) is 6.41. The molecule has 2 aromatic rings. The van der Waals surface area contributed by atoms with Gasteiger partial charge in [-0.1, -0.05) is 0 Å². The third-order valence-electron chi connectivity index (χ3n) is 1.67. The van der Waals surface area contributed by atoms with E-state index in [-0.39, 0.29) is 5.75 Å². The Kier molecular flexibility index (Phi) is 2.14. The van der Waals surface area contributed by atoms with Gasteiger partial charge in [0.15, 0.2) is 0 Å². The Morgan fingerprint density at radius 3 is 2.85 bits per heavy atom. The molecule has 4 heteroatoms. The van der Waals surface area contributed by atoms with Gasteiger partial charge >= 0.3 is 0 Å². The Bertz CT molecular complexity index is 512. The molecule has 1 heterocycles. The first-order valence-corrected chi connectivity index (χ1v) is 5.42. The molecule has 0 unspecified atom stereocenters. The van der Waals surface area contributed by atoms with Gasteiger partial charge in [-0.2, -0.15) is 5.26 Å².